The Labute approximate surface area is 226 Å². The number of thioether (sulfide) groups is 1. The molecule has 1 N–H and O–H groups in total. The van der Waals surface area contributed by atoms with E-state index in [1.165, 1.54) is 23.9 Å². The van der Waals surface area contributed by atoms with Crippen molar-refractivity contribution in [1.29, 1.82) is 0 Å². The first-order valence-corrected chi connectivity index (χ1v) is 13.1. The largest absolute Gasteiger partial charge is 0.325 e. The molecule has 0 spiro atoms. The van der Waals surface area contributed by atoms with E-state index in [4.69, 9.17) is 11.6 Å². The van der Waals surface area contributed by atoms with Crippen molar-refractivity contribution in [3.63, 3.8) is 0 Å². The summed E-state index contributed by atoms with van der Waals surface area (Å²) in [5.74, 6) is -1.14. The number of nitrogens with zero attached hydrogens (tertiary/aromatic N) is 2. The van der Waals surface area contributed by atoms with Crippen molar-refractivity contribution in [3.05, 3.63) is 97.9 Å². The number of hydrogen-bond acceptors (Lipinski definition) is 7. The molecule has 1 heterocycles. The number of carbonyl (C=O) groups excluding carboxylic acids is 3. The van der Waals surface area contributed by atoms with Gasteiger partial charge >= 0.3 is 0 Å². The Balaban J connectivity index is 1.47. The average molecular weight is 554 g/mol. The van der Waals surface area contributed by atoms with Gasteiger partial charge in [-0.15, -0.1) is 0 Å². The lowest BCUT2D eigenvalue weighted by Crippen LogP contribution is -2.36. The van der Waals surface area contributed by atoms with E-state index in [9.17, 15) is 24.5 Å². The van der Waals surface area contributed by atoms with Crippen molar-refractivity contribution < 1.29 is 19.3 Å². The van der Waals surface area contributed by atoms with Gasteiger partial charge in [-0.25, -0.2) is 0 Å². The fourth-order valence-electron chi connectivity index (χ4n) is 3.44. The molecule has 0 radical (unpaired) electrons. The molecule has 1 saturated heterocycles. The standard InChI is InChI=1S/C26H20ClN3O5S2/c1-2-16-3-8-19(9-4-16)28-24(31)15-29-25(32)23(37-26(29)33)14-17-5-12-22(21(13-17)30(34)35)36-20-10-6-18(27)7-11-20/h3-14H,2,15H2,1H3,(H,28,31). The van der Waals surface area contributed by atoms with E-state index in [1.807, 2.05) is 19.1 Å². The second-order valence-electron chi connectivity index (χ2n) is 7.91. The SMILES string of the molecule is CCc1ccc(NC(=O)CN2C(=O)SC(=Cc3ccc(Sc4ccc(Cl)cc4)c([N+](=O)[O-])c3)C2=O)cc1. The van der Waals surface area contributed by atoms with Gasteiger partial charge in [0.1, 0.15) is 6.54 Å². The molecule has 11 heteroatoms. The van der Waals surface area contributed by atoms with Gasteiger partial charge in [-0.05, 0) is 77.9 Å². The summed E-state index contributed by atoms with van der Waals surface area (Å²) in [5.41, 5.74) is 1.93. The van der Waals surface area contributed by atoms with Crippen LogP contribution in [0, 0.1) is 10.1 Å². The van der Waals surface area contributed by atoms with Gasteiger partial charge in [0.2, 0.25) is 5.91 Å². The van der Waals surface area contributed by atoms with E-state index >= 15 is 0 Å². The van der Waals surface area contributed by atoms with Gasteiger partial charge in [-0.1, -0.05) is 48.5 Å². The number of imide groups is 1. The van der Waals surface area contributed by atoms with Gasteiger partial charge < -0.3 is 5.32 Å². The minimum Gasteiger partial charge on any atom is -0.325 e. The van der Waals surface area contributed by atoms with Crippen LogP contribution in [-0.4, -0.2) is 33.4 Å². The summed E-state index contributed by atoms with van der Waals surface area (Å²) in [6, 6.07) is 18.8. The van der Waals surface area contributed by atoms with Crippen molar-refractivity contribution in [2.45, 2.75) is 23.1 Å². The lowest BCUT2D eigenvalue weighted by molar-refractivity contribution is -0.387. The van der Waals surface area contributed by atoms with Crippen molar-refractivity contribution in [2.24, 2.45) is 0 Å². The third-order valence-corrected chi connectivity index (χ3v) is 7.57. The highest BCUT2D eigenvalue weighted by molar-refractivity contribution is 8.18. The summed E-state index contributed by atoms with van der Waals surface area (Å²) in [4.78, 5) is 51.0. The minimum atomic E-state index is -0.631. The van der Waals surface area contributed by atoms with Crippen molar-refractivity contribution in [2.75, 3.05) is 11.9 Å². The van der Waals surface area contributed by atoms with Gasteiger partial charge in [-0.3, -0.25) is 29.4 Å². The number of rotatable bonds is 8. The maximum atomic E-state index is 12.8. The van der Waals surface area contributed by atoms with E-state index in [0.29, 0.717) is 32.9 Å². The fourth-order valence-corrected chi connectivity index (χ4v) is 5.30. The fraction of sp³-hybridized carbons (Fsp3) is 0.115. The molecular weight excluding hydrogens is 534 g/mol. The molecule has 0 bridgehead atoms. The first-order chi connectivity index (χ1) is 17.7. The molecule has 0 unspecified atom stereocenters. The summed E-state index contributed by atoms with van der Waals surface area (Å²) in [7, 11) is 0. The molecule has 1 aliphatic heterocycles. The summed E-state index contributed by atoms with van der Waals surface area (Å²) in [6.07, 6.45) is 2.28. The highest BCUT2D eigenvalue weighted by atomic mass is 35.5. The van der Waals surface area contributed by atoms with Gasteiger partial charge in [0.15, 0.2) is 0 Å². The van der Waals surface area contributed by atoms with Crippen LogP contribution in [-0.2, 0) is 16.0 Å². The molecule has 3 amide bonds. The number of hydrogen-bond donors (Lipinski definition) is 1. The molecule has 37 heavy (non-hydrogen) atoms. The predicted molar refractivity (Wildman–Crippen MR) is 146 cm³/mol. The summed E-state index contributed by atoms with van der Waals surface area (Å²) >= 11 is 7.80. The van der Waals surface area contributed by atoms with Gasteiger partial charge in [-0.2, -0.15) is 0 Å². The van der Waals surface area contributed by atoms with Crippen LogP contribution in [0.3, 0.4) is 0 Å². The topological polar surface area (TPSA) is 110 Å². The average Bonchev–Trinajstić information content (AvgIpc) is 3.13. The molecule has 3 aromatic rings. The number of carbonyl (C=O) groups is 3. The van der Waals surface area contributed by atoms with Gasteiger partial charge in [0.05, 0.1) is 14.7 Å². The van der Waals surface area contributed by atoms with Crippen LogP contribution in [0.4, 0.5) is 16.2 Å². The zero-order valence-corrected chi connectivity index (χ0v) is 21.9. The number of nitro benzene ring substituents is 1. The maximum Gasteiger partial charge on any atom is 0.294 e. The number of anilines is 1. The third kappa shape index (κ3) is 6.59. The quantitative estimate of drug-likeness (QED) is 0.189. The Morgan fingerprint density at radius 1 is 1.11 bits per heavy atom. The predicted octanol–water partition coefficient (Wildman–Crippen LogP) is 6.64. The highest BCUT2D eigenvalue weighted by Crippen LogP contribution is 2.37. The Morgan fingerprint density at radius 2 is 1.81 bits per heavy atom. The molecule has 3 aromatic carbocycles. The molecule has 4 rings (SSSR count). The van der Waals surface area contributed by atoms with Crippen molar-refractivity contribution in [3.8, 4) is 0 Å². The Morgan fingerprint density at radius 3 is 2.46 bits per heavy atom. The number of aryl methyl sites for hydroxylation is 1. The Kier molecular flexibility index (Phi) is 8.32. The van der Waals surface area contributed by atoms with Crippen LogP contribution in [0.1, 0.15) is 18.1 Å². The zero-order chi connectivity index (χ0) is 26.5. The zero-order valence-electron chi connectivity index (χ0n) is 19.5. The van der Waals surface area contributed by atoms with Crippen LogP contribution < -0.4 is 5.32 Å². The van der Waals surface area contributed by atoms with E-state index in [0.717, 1.165) is 21.8 Å². The highest BCUT2D eigenvalue weighted by Gasteiger charge is 2.36. The van der Waals surface area contributed by atoms with E-state index in [1.54, 1.807) is 48.5 Å². The summed E-state index contributed by atoms with van der Waals surface area (Å²) < 4.78 is 0. The molecule has 0 saturated carbocycles. The van der Waals surface area contributed by atoms with Crippen molar-refractivity contribution >= 4 is 69.6 Å². The monoisotopic (exact) mass is 553 g/mol. The molecule has 0 aromatic heterocycles. The normalized spacial score (nSPS) is 14.3. The van der Waals surface area contributed by atoms with Crippen LogP contribution in [0.25, 0.3) is 6.08 Å². The number of nitrogens with one attached hydrogen (secondary N) is 1. The summed E-state index contributed by atoms with van der Waals surface area (Å²) in [6.45, 7) is 1.59. The van der Waals surface area contributed by atoms with Gasteiger partial charge in [0.25, 0.3) is 16.8 Å². The Hall–Kier alpha value is -3.60. The second-order valence-corrected chi connectivity index (χ2v) is 10.5. The second kappa shape index (κ2) is 11.6. The lowest BCUT2D eigenvalue weighted by atomic mass is 10.1. The minimum absolute atomic E-state index is 0.0810. The molecule has 1 fully saturated rings. The lowest BCUT2D eigenvalue weighted by Gasteiger charge is -2.12. The maximum absolute atomic E-state index is 12.8. The molecular formula is C26H20ClN3O5S2. The summed E-state index contributed by atoms with van der Waals surface area (Å²) in [5, 5.41) is 14.4. The first-order valence-electron chi connectivity index (χ1n) is 11.1. The molecule has 8 nitrogen and oxygen atoms in total. The van der Waals surface area contributed by atoms with E-state index in [2.05, 4.69) is 5.32 Å². The third-order valence-electron chi connectivity index (χ3n) is 5.34. The smallest absolute Gasteiger partial charge is 0.294 e. The van der Waals surface area contributed by atoms with Crippen LogP contribution in [0.2, 0.25) is 5.02 Å². The van der Waals surface area contributed by atoms with Crippen LogP contribution >= 0.6 is 35.1 Å². The molecule has 188 valence electrons. The first kappa shape index (κ1) is 26.5. The molecule has 0 atom stereocenters. The Bertz CT molecular complexity index is 1410. The van der Waals surface area contributed by atoms with Crippen LogP contribution in [0.5, 0.6) is 0 Å². The number of nitro groups is 1. The molecule has 1 aliphatic rings. The molecule has 0 aliphatic carbocycles. The van der Waals surface area contributed by atoms with Gasteiger partial charge in [0, 0.05) is 21.7 Å². The van der Waals surface area contributed by atoms with E-state index < -0.39 is 28.5 Å². The number of amides is 3. The number of halogens is 1. The van der Waals surface area contributed by atoms with Crippen molar-refractivity contribution in [1.82, 2.24) is 4.90 Å². The number of benzene rings is 3. The van der Waals surface area contributed by atoms with Crippen LogP contribution in [0.15, 0.2) is 81.4 Å². The van der Waals surface area contributed by atoms with E-state index in [-0.39, 0.29) is 10.6 Å².